The molecule has 21 heavy (non-hydrogen) atoms. The zero-order valence-electron chi connectivity index (χ0n) is 12.5. The second kappa shape index (κ2) is 10.0. The maximum atomic E-state index is 8.90. The summed E-state index contributed by atoms with van der Waals surface area (Å²) in [6.07, 6.45) is 2.08. The van der Waals surface area contributed by atoms with E-state index in [1.165, 1.54) is 0 Å². The molecule has 0 aromatic heterocycles. The first kappa shape index (κ1) is 17.3. The number of aliphatic hydroxyl groups excluding tert-OH is 1. The van der Waals surface area contributed by atoms with Crippen molar-refractivity contribution in [2.24, 2.45) is 16.8 Å². The predicted octanol–water partition coefficient (Wildman–Crippen LogP) is 1.16. The normalized spacial score (nSPS) is 13.1. The lowest BCUT2D eigenvalue weighted by Crippen LogP contribution is -2.22. The monoisotopic (exact) mass is 295 g/mol. The zero-order valence-corrected chi connectivity index (χ0v) is 12.5. The van der Waals surface area contributed by atoms with Crippen LogP contribution in [0, 0.1) is 5.92 Å². The second-order valence-electron chi connectivity index (χ2n) is 5.04. The Hall–Kier alpha value is -1.79. The summed E-state index contributed by atoms with van der Waals surface area (Å²) < 4.78 is 5.58. The summed E-state index contributed by atoms with van der Waals surface area (Å²) in [6.45, 7) is 4.58. The van der Waals surface area contributed by atoms with Gasteiger partial charge in [-0.1, -0.05) is 12.1 Å². The van der Waals surface area contributed by atoms with Crippen LogP contribution in [0.5, 0.6) is 5.75 Å². The molecule has 1 atom stereocenters. The number of aliphatic hydroxyl groups is 1. The highest BCUT2D eigenvalue weighted by Gasteiger charge is 2.00. The Kier molecular flexibility index (Phi) is 8.23. The van der Waals surface area contributed by atoms with Crippen LogP contribution >= 0.6 is 0 Å². The molecule has 0 bridgehead atoms. The molecule has 0 heterocycles. The van der Waals surface area contributed by atoms with E-state index in [2.05, 4.69) is 10.5 Å². The smallest absolute Gasteiger partial charge is 0.170 e. The van der Waals surface area contributed by atoms with Crippen molar-refractivity contribution in [1.82, 2.24) is 5.32 Å². The van der Waals surface area contributed by atoms with Crippen LogP contribution in [0.4, 0.5) is 0 Å². The van der Waals surface area contributed by atoms with E-state index in [-0.39, 0.29) is 12.4 Å². The maximum absolute atomic E-state index is 8.90. The summed E-state index contributed by atoms with van der Waals surface area (Å²) in [7, 11) is 0. The largest absolute Gasteiger partial charge is 0.492 e. The van der Waals surface area contributed by atoms with Gasteiger partial charge in [-0.15, -0.1) is 0 Å². The van der Waals surface area contributed by atoms with E-state index in [1.807, 2.05) is 6.92 Å². The van der Waals surface area contributed by atoms with Gasteiger partial charge in [0.15, 0.2) is 5.84 Å². The van der Waals surface area contributed by atoms with Crippen molar-refractivity contribution >= 4 is 5.84 Å². The number of amidine groups is 1. The van der Waals surface area contributed by atoms with E-state index < -0.39 is 0 Å². The van der Waals surface area contributed by atoms with Crippen molar-refractivity contribution < 1.29 is 15.1 Å². The Morgan fingerprint density at radius 3 is 2.67 bits per heavy atom. The molecule has 6 nitrogen and oxygen atoms in total. The number of hydrogen-bond acceptors (Lipinski definition) is 5. The maximum Gasteiger partial charge on any atom is 0.170 e. The summed E-state index contributed by atoms with van der Waals surface area (Å²) in [4.78, 5) is 0. The molecule has 0 aliphatic rings. The lowest BCUT2D eigenvalue weighted by atomic mass is 10.1. The molecule has 0 radical (unpaired) electrons. The van der Waals surface area contributed by atoms with Crippen LogP contribution < -0.4 is 15.8 Å². The van der Waals surface area contributed by atoms with Crippen LogP contribution in [0.15, 0.2) is 29.4 Å². The van der Waals surface area contributed by atoms with Crippen LogP contribution in [0.25, 0.3) is 0 Å². The Balaban J connectivity index is 2.13. The predicted molar refractivity (Wildman–Crippen MR) is 82.8 cm³/mol. The van der Waals surface area contributed by atoms with E-state index in [0.717, 1.165) is 31.7 Å². The first-order valence-corrected chi connectivity index (χ1v) is 7.19. The van der Waals surface area contributed by atoms with E-state index in [0.29, 0.717) is 18.1 Å². The molecule has 0 saturated heterocycles. The minimum Gasteiger partial charge on any atom is -0.492 e. The van der Waals surface area contributed by atoms with Gasteiger partial charge in [0.25, 0.3) is 0 Å². The minimum absolute atomic E-state index is 0.0836. The van der Waals surface area contributed by atoms with Gasteiger partial charge in [0.05, 0.1) is 0 Å². The summed E-state index contributed by atoms with van der Waals surface area (Å²) in [5, 5.41) is 23.7. The fourth-order valence-electron chi connectivity index (χ4n) is 1.81. The minimum atomic E-state index is 0.0836. The van der Waals surface area contributed by atoms with Gasteiger partial charge < -0.3 is 26.1 Å². The number of nitrogens with two attached hydrogens (primary N) is 1. The molecular weight excluding hydrogens is 270 g/mol. The molecule has 0 saturated carbocycles. The molecule has 118 valence electrons. The molecule has 0 fully saturated rings. The topological polar surface area (TPSA) is 100 Å². The van der Waals surface area contributed by atoms with Crippen LogP contribution in [0.1, 0.15) is 25.3 Å². The third kappa shape index (κ3) is 6.97. The van der Waals surface area contributed by atoms with Gasteiger partial charge in [-0.3, -0.25) is 0 Å². The number of ether oxygens (including phenoxy) is 1. The van der Waals surface area contributed by atoms with E-state index in [9.17, 15) is 0 Å². The van der Waals surface area contributed by atoms with Gasteiger partial charge in [-0.2, -0.15) is 0 Å². The van der Waals surface area contributed by atoms with Gasteiger partial charge in [0, 0.05) is 18.7 Å². The molecule has 1 unspecified atom stereocenters. The third-order valence-electron chi connectivity index (χ3n) is 3.17. The number of hydrogen-bond donors (Lipinski definition) is 4. The fraction of sp³-hybridized carbons (Fsp3) is 0.533. The number of oxime groups is 1. The van der Waals surface area contributed by atoms with Crippen molar-refractivity contribution in [3.8, 4) is 5.75 Å². The Morgan fingerprint density at radius 1 is 1.33 bits per heavy atom. The highest BCUT2D eigenvalue weighted by Crippen LogP contribution is 2.11. The van der Waals surface area contributed by atoms with Crippen molar-refractivity contribution in [3.63, 3.8) is 0 Å². The molecule has 1 aromatic rings. The highest BCUT2D eigenvalue weighted by molar-refractivity contribution is 5.97. The van der Waals surface area contributed by atoms with Crippen molar-refractivity contribution in [2.45, 2.75) is 19.8 Å². The average Bonchev–Trinajstić information content (AvgIpc) is 2.53. The first-order chi connectivity index (χ1) is 10.2. The number of nitrogens with zero attached hydrogens (tertiary/aromatic N) is 1. The van der Waals surface area contributed by atoms with Crippen molar-refractivity contribution in [2.75, 3.05) is 26.3 Å². The Morgan fingerprint density at radius 2 is 2.05 bits per heavy atom. The Labute approximate surface area is 125 Å². The van der Waals surface area contributed by atoms with Crippen LogP contribution in [-0.4, -0.2) is 42.5 Å². The van der Waals surface area contributed by atoms with E-state index in [1.54, 1.807) is 24.3 Å². The number of benzene rings is 1. The summed E-state index contributed by atoms with van der Waals surface area (Å²) in [6, 6.07) is 7.06. The molecule has 0 aliphatic heterocycles. The molecule has 5 N–H and O–H groups in total. The van der Waals surface area contributed by atoms with Crippen LogP contribution in [0.3, 0.4) is 0 Å². The lowest BCUT2D eigenvalue weighted by Gasteiger charge is -2.09. The SMILES string of the molecule is CC(CO)CCCNCCOc1ccc(/C(N)=N/O)cc1. The van der Waals surface area contributed by atoms with E-state index >= 15 is 0 Å². The summed E-state index contributed by atoms with van der Waals surface area (Å²) in [5.41, 5.74) is 6.13. The molecule has 0 spiro atoms. The van der Waals surface area contributed by atoms with E-state index in [4.69, 9.17) is 20.8 Å². The molecule has 0 amide bonds. The van der Waals surface area contributed by atoms with Gasteiger partial charge >= 0.3 is 0 Å². The summed E-state index contributed by atoms with van der Waals surface area (Å²) >= 11 is 0. The lowest BCUT2D eigenvalue weighted by molar-refractivity contribution is 0.227. The summed E-state index contributed by atoms with van der Waals surface area (Å²) in [5.74, 6) is 1.21. The average molecular weight is 295 g/mol. The standard InChI is InChI=1S/C15H25N3O3/c1-12(11-19)3-2-8-17-9-10-21-14-6-4-13(5-7-14)15(16)18-20/h4-7,12,17,19-20H,2-3,8-11H2,1H3,(H2,16,18). The zero-order chi connectivity index (χ0) is 15.5. The third-order valence-corrected chi connectivity index (χ3v) is 3.17. The van der Waals surface area contributed by atoms with Gasteiger partial charge in [-0.05, 0) is 49.6 Å². The quantitative estimate of drug-likeness (QED) is 0.171. The van der Waals surface area contributed by atoms with Crippen LogP contribution in [0.2, 0.25) is 0 Å². The molecule has 0 aliphatic carbocycles. The van der Waals surface area contributed by atoms with Gasteiger partial charge in [-0.25, -0.2) is 0 Å². The second-order valence-corrected chi connectivity index (χ2v) is 5.04. The molecule has 1 aromatic carbocycles. The fourth-order valence-corrected chi connectivity index (χ4v) is 1.81. The highest BCUT2D eigenvalue weighted by atomic mass is 16.5. The first-order valence-electron chi connectivity index (χ1n) is 7.19. The van der Waals surface area contributed by atoms with Crippen LogP contribution in [-0.2, 0) is 0 Å². The van der Waals surface area contributed by atoms with Crippen molar-refractivity contribution in [3.05, 3.63) is 29.8 Å². The number of rotatable bonds is 10. The van der Waals surface area contributed by atoms with Crippen molar-refractivity contribution in [1.29, 1.82) is 0 Å². The molecule has 1 rings (SSSR count). The Bertz CT molecular complexity index is 421. The molecule has 6 heteroatoms. The number of nitrogens with one attached hydrogen (secondary N) is 1. The van der Waals surface area contributed by atoms with Gasteiger partial charge in [0.2, 0.25) is 0 Å². The molecular formula is C15H25N3O3. The van der Waals surface area contributed by atoms with Gasteiger partial charge in [0.1, 0.15) is 12.4 Å².